The molecule has 0 aliphatic carbocycles. The Hall–Kier alpha value is -0.980. The number of nitrogens with one attached hydrogen (secondary N) is 1. The maximum absolute atomic E-state index is 13.1. The van der Waals surface area contributed by atoms with Gasteiger partial charge in [0.05, 0.1) is 10.2 Å². The molecule has 2 rings (SSSR count). The molecule has 0 aliphatic rings. The van der Waals surface area contributed by atoms with Crippen LogP contribution in [0.25, 0.3) is 0 Å². The lowest BCUT2D eigenvalue weighted by atomic mass is 10.1. The van der Waals surface area contributed by atoms with Gasteiger partial charge in [-0.3, -0.25) is 0 Å². The fourth-order valence-corrected chi connectivity index (χ4v) is 2.64. The molecule has 0 fully saturated rings. The van der Waals surface area contributed by atoms with Crippen molar-refractivity contribution in [1.82, 2.24) is 10.3 Å². The summed E-state index contributed by atoms with van der Waals surface area (Å²) in [4.78, 5) is 4.51. The Bertz CT molecular complexity index is 610. The highest BCUT2D eigenvalue weighted by molar-refractivity contribution is 9.10. The van der Waals surface area contributed by atoms with Gasteiger partial charge in [-0.1, -0.05) is 0 Å². The summed E-state index contributed by atoms with van der Waals surface area (Å²) in [5.74, 6) is 0.317. The number of nitrogens with zero attached hydrogens (tertiary/aromatic N) is 1. The number of halogens is 2. The molecular formula is C15H18BrFN2OS. The van der Waals surface area contributed by atoms with Gasteiger partial charge in [0.15, 0.2) is 0 Å². The third kappa shape index (κ3) is 5.37. The van der Waals surface area contributed by atoms with E-state index in [4.69, 9.17) is 4.74 Å². The van der Waals surface area contributed by atoms with Crippen molar-refractivity contribution in [3.8, 4) is 5.75 Å². The number of ether oxygens (including phenoxy) is 1. The van der Waals surface area contributed by atoms with Crippen LogP contribution in [0.2, 0.25) is 0 Å². The van der Waals surface area contributed by atoms with E-state index in [-0.39, 0.29) is 11.4 Å². The molecule has 0 atom stereocenters. The Labute approximate surface area is 136 Å². The number of rotatable bonds is 5. The zero-order chi connectivity index (χ0) is 15.5. The third-order valence-electron chi connectivity index (χ3n) is 2.65. The molecule has 0 spiro atoms. The smallest absolute Gasteiger partial charge is 0.137 e. The van der Waals surface area contributed by atoms with Gasteiger partial charge in [0, 0.05) is 17.5 Å². The summed E-state index contributed by atoms with van der Waals surface area (Å²) < 4.78 is 19.1. The van der Waals surface area contributed by atoms with E-state index in [1.165, 1.54) is 6.07 Å². The third-order valence-corrected chi connectivity index (χ3v) is 4.15. The molecule has 0 bridgehead atoms. The predicted molar refractivity (Wildman–Crippen MR) is 87.1 cm³/mol. The minimum Gasteiger partial charge on any atom is -0.487 e. The van der Waals surface area contributed by atoms with Crippen LogP contribution in [0.15, 0.2) is 28.1 Å². The molecule has 1 N–H and O–H groups in total. The molecule has 1 aromatic heterocycles. The van der Waals surface area contributed by atoms with Crippen LogP contribution in [0.4, 0.5) is 4.39 Å². The number of benzene rings is 1. The zero-order valence-corrected chi connectivity index (χ0v) is 14.6. The van der Waals surface area contributed by atoms with Crippen molar-refractivity contribution in [2.75, 3.05) is 0 Å². The maximum Gasteiger partial charge on any atom is 0.137 e. The molecule has 0 saturated carbocycles. The largest absolute Gasteiger partial charge is 0.487 e. The van der Waals surface area contributed by atoms with E-state index in [2.05, 4.69) is 47.0 Å². The second-order valence-electron chi connectivity index (χ2n) is 5.70. The van der Waals surface area contributed by atoms with Crippen molar-refractivity contribution in [3.05, 3.63) is 44.6 Å². The molecule has 0 saturated heterocycles. The lowest BCUT2D eigenvalue weighted by Crippen LogP contribution is -2.35. The molecule has 0 radical (unpaired) electrons. The van der Waals surface area contributed by atoms with E-state index in [9.17, 15) is 4.39 Å². The van der Waals surface area contributed by atoms with Gasteiger partial charge in [-0.2, -0.15) is 0 Å². The highest BCUT2D eigenvalue weighted by atomic mass is 79.9. The highest BCUT2D eigenvalue weighted by Gasteiger charge is 2.10. The molecule has 0 amide bonds. The second kappa shape index (κ2) is 6.85. The van der Waals surface area contributed by atoms with E-state index in [1.54, 1.807) is 23.5 Å². The summed E-state index contributed by atoms with van der Waals surface area (Å²) in [7, 11) is 0. The van der Waals surface area contributed by atoms with Gasteiger partial charge < -0.3 is 10.1 Å². The lowest BCUT2D eigenvalue weighted by Gasteiger charge is -2.19. The molecule has 0 aliphatic heterocycles. The van der Waals surface area contributed by atoms with E-state index in [0.29, 0.717) is 16.8 Å². The van der Waals surface area contributed by atoms with Crippen molar-refractivity contribution in [3.63, 3.8) is 0 Å². The molecule has 1 heterocycles. The Morgan fingerprint density at radius 1 is 1.38 bits per heavy atom. The number of hydrogen-bond donors (Lipinski definition) is 1. The van der Waals surface area contributed by atoms with Gasteiger partial charge in [0.25, 0.3) is 0 Å². The van der Waals surface area contributed by atoms with E-state index < -0.39 is 0 Å². The molecule has 21 heavy (non-hydrogen) atoms. The Balaban J connectivity index is 1.89. The van der Waals surface area contributed by atoms with Gasteiger partial charge in [0.1, 0.15) is 23.2 Å². The van der Waals surface area contributed by atoms with Crippen LogP contribution in [-0.2, 0) is 13.2 Å². The topological polar surface area (TPSA) is 34.2 Å². The molecule has 6 heteroatoms. The van der Waals surface area contributed by atoms with Crippen molar-refractivity contribution >= 4 is 27.3 Å². The maximum atomic E-state index is 13.1. The minimum absolute atomic E-state index is 0.0721. The van der Waals surface area contributed by atoms with Crippen LogP contribution in [0.3, 0.4) is 0 Å². The average molecular weight is 373 g/mol. The SMILES string of the molecule is CC(C)(C)NCc1nc(COc2ccc(F)c(Br)c2)cs1. The standard InChI is InChI=1S/C15H18BrFN2OS/c1-15(2,3)18-7-14-19-10(9-21-14)8-20-11-4-5-13(17)12(16)6-11/h4-6,9,18H,7-8H2,1-3H3. The van der Waals surface area contributed by atoms with Crippen molar-refractivity contribution in [2.24, 2.45) is 0 Å². The molecule has 114 valence electrons. The van der Waals surface area contributed by atoms with Crippen LogP contribution in [0.1, 0.15) is 31.5 Å². The van der Waals surface area contributed by atoms with Crippen molar-refractivity contribution in [1.29, 1.82) is 0 Å². The molecule has 2 aromatic rings. The normalized spacial score (nSPS) is 11.7. The number of aromatic nitrogens is 1. The van der Waals surface area contributed by atoms with Crippen LogP contribution in [0.5, 0.6) is 5.75 Å². The van der Waals surface area contributed by atoms with E-state index in [1.807, 2.05) is 5.38 Å². The van der Waals surface area contributed by atoms with Crippen LogP contribution in [-0.4, -0.2) is 10.5 Å². The fraction of sp³-hybridized carbons (Fsp3) is 0.400. The van der Waals surface area contributed by atoms with Crippen LogP contribution < -0.4 is 10.1 Å². The summed E-state index contributed by atoms with van der Waals surface area (Å²) in [5.41, 5.74) is 0.953. The minimum atomic E-state index is -0.299. The van der Waals surface area contributed by atoms with Crippen molar-refractivity contribution in [2.45, 2.75) is 39.5 Å². The lowest BCUT2D eigenvalue weighted by molar-refractivity contribution is 0.301. The quantitative estimate of drug-likeness (QED) is 0.837. The summed E-state index contributed by atoms with van der Waals surface area (Å²) in [5, 5.41) is 6.41. The summed E-state index contributed by atoms with van der Waals surface area (Å²) in [6, 6.07) is 4.59. The fourth-order valence-electron chi connectivity index (χ4n) is 1.56. The van der Waals surface area contributed by atoms with Gasteiger partial charge >= 0.3 is 0 Å². The first-order valence-corrected chi connectivity index (χ1v) is 8.27. The number of thiazole rings is 1. The molecule has 0 unspecified atom stereocenters. The Morgan fingerprint density at radius 2 is 2.14 bits per heavy atom. The van der Waals surface area contributed by atoms with Gasteiger partial charge in [-0.15, -0.1) is 11.3 Å². The monoisotopic (exact) mass is 372 g/mol. The Morgan fingerprint density at radius 3 is 2.81 bits per heavy atom. The predicted octanol–water partition coefficient (Wildman–Crippen LogP) is 4.51. The van der Waals surface area contributed by atoms with Gasteiger partial charge in [0.2, 0.25) is 0 Å². The van der Waals surface area contributed by atoms with Crippen LogP contribution >= 0.6 is 27.3 Å². The highest BCUT2D eigenvalue weighted by Crippen LogP contribution is 2.22. The van der Waals surface area contributed by atoms with Gasteiger partial charge in [-0.05, 0) is 54.9 Å². The first-order valence-electron chi connectivity index (χ1n) is 6.60. The summed E-state index contributed by atoms with van der Waals surface area (Å²) >= 11 is 4.75. The summed E-state index contributed by atoms with van der Waals surface area (Å²) in [6.45, 7) is 7.49. The van der Waals surface area contributed by atoms with E-state index in [0.717, 1.165) is 17.2 Å². The first-order chi connectivity index (χ1) is 9.83. The van der Waals surface area contributed by atoms with Crippen LogP contribution in [0, 0.1) is 5.82 Å². The first kappa shape index (κ1) is 16.4. The molecule has 1 aromatic carbocycles. The number of hydrogen-bond acceptors (Lipinski definition) is 4. The zero-order valence-electron chi connectivity index (χ0n) is 12.2. The molecular weight excluding hydrogens is 355 g/mol. The Kier molecular flexibility index (Phi) is 5.35. The second-order valence-corrected chi connectivity index (χ2v) is 7.50. The summed E-state index contributed by atoms with van der Waals surface area (Å²) in [6.07, 6.45) is 0. The van der Waals surface area contributed by atoms with E-state index >= 15 is 0 Å². The van der Waals surface area contributed by atoms with Gasteiger partial charge in [-0.25, -0.2) is 9.37 Å². The van der Waals surface area contributed by atoms with Crippen molar-refractivity contribution < 1.29 is 9.13 Å². The molecule has 3 nitrogen and oxygen atoms in total. The average Bonchev–Trinajstić information content (AvgIpc) is 2.85.